The predicted octanol–water partition coefficient (Wildman–Crippen LogP) is 3.18. The fourth-order valence-corrected chi connectivity index (χ4v) is 4.00. The second kappa shape index (κ2) is 8.02. The lowest BCUT2D eigenvalue weighted by atomic mass is 10.1. The predicted molar refractivity (Wildman–Crippen MR) is 94.8 cm³/mol. The molecule has 2 aromatic heterocycles. The fourth-order valence-electron chi connectivity index (χ4n) is 2.99. The second-order valence-corrected chi connectivity index (χ2v) is 7.34. The van der Waals surface area contributed by atoms with E-state index in [0.29, 0.717) is 12.1 Å². The molecule has 124 valence electrons. The molecule has 1 aliphatic rings. The first-order valence-corrected chi connectivity index (χ1v) is 9.07. The van der Waals surface area contributed by atoms with Crippen LogP contribution in [-0.2, 0) is 4.74 Å². The van der Waals surface area contributed by atoms with Crippen molar-refractivity contribution in [3.63, 3.8) is 0 Å². The topological polar surface area (TPSA) is 37.4 Å². The monoisotopic (exact) mass is 331 g/mol. The molecule has 0 unspecified atom stereocenters. The van der Waals surface area contributed by atoms with Crippen molar-refractivity contribution in [3.05, 3.63) is 52.0 Å². The highest BCUT2D eigenvalue weighted by Crippen LogP contribution is 2.28. The molecule has 0 bridgehead atoms. The van der Waals surface area contributed by atoms with Gasteiger partial charge in [0.05, 0.1) is 19.3 Å². The number of ether oxygens (including phenoxy) is 1. The van der Waals surface area contributed by atoms with Crippen LogP contribution in [0.25, 0.3) is 0 Å². The minimum absolute atomic E-state index is 0.322. The lowest BCUT2D eigenvalue weighted by molar-refractivity contribution is 0.0164. The molecule has 23 heavy (non-hydrogen) atoms. The number of thiophene rings is 1. The van der Waals surface area contributed by atoms with Crippen LogP contribution in [0.5, 0.6) is 0 Å². The molecule has 0 saturated carbocycles. The summed E-state index contributed by atoms with van der Waals surface area (Å²) in [5, 5.41) is 3.70. The maximum Gasteiger partial charge on any atom is 0.0594 e. The molecule has 0 amide bonds. The zero-order valence-corrected chi connectivity index (χ0v) is 14.7. The van der Waals surface area contributed by atoms with Crippen LogP contribution in [0.2, 0.25) is 0 Å². The molecule has 1 saturated heterocycles. The number of hydrogen-bond donors (Lipinski definition) is 1. The highest BCUT2D eigenvalue weighted by atomic mass is 32.1. The van der Waals surface area contributed by atoms with Gasteiger partial charge < -0.3 is 10.1 Å². The van der Waals surface area contributed by atoms with Crippen LogP contribution >= 0.6 is 11.3 Å². The van der Waals surface area contributed by atoms with Crippen LogP contribution in [0, 0.1) is 6.92 Å². The first kappa shape index (κ1) is 16.6. The standard InChI is InChI=1S/C18H25N3OS/c1-14-3-4-18(23-14)17(21-9-11-22-12-10-21)13-20-15(2)16-5-7-19-8-6-16/h3-8,15,17,20H,9-13H2,1-2H3/t15-,17+/m1/s1. The summed E-state index contributed by atoms with van der Waals surface area (Å²) in [5.74, 6) is 0. The first-order chi connectivity index (χ1) is 11.2. The Morgan fingerprint density at radius 2 is 1.96 bits per heavy atom. The van der Waals surface area contributed by atoms with E-state index in [1.807, 2.05) is 23.7 Å². The molecule has 0 aliphatic carbocycles. The summed E-state index contributed by atoms with van der Waals surface area (Å²) in [6, 6.07) is 9.40. The summed E-state index contributed by atoms with van der Waals surface area (Å²) in [7, 11) is 0. The van der Waals surface area contributed by atoms with Gasteiger partial charge in [0.15, 0.2) is 0 Å². The third-order valence-electron chi connectivity index (χ3n) is 4.40. The Morgan fingerprint density at radius 1 is 1.22 bits per heavy atom. The molecule has 1 N–H and O–H groups in total. The highest BCUT2D eigenvalue weighted by Gasteiger charge is 2.24. The lowest BCUT2D eigenvalue weighted by Gasteiger charge is -2.34. The van der Waals surface area contributed by atoms with Gasteiger partial charge in [-0.05, 0) is 43.7 Å². The summed E-state index contributed by atoms with van der Waals surface area (Å²) < 4.78 is 5.52. The number of hydrogen-bond acceptors (Lipinski definition) is 5. The number of pyridine rings is 1. The van der Waals surface area contributed by atoms with Gasteiger partial charge in [0.1, 0.15) is 0 Å². The van der Waals surface area contributed by atoms with E-state index < -0.39 is 0 Å². The zero-order valence-electron chi connectivity index (χ0n) is 13.9. The molecule has 0 radical (unpaired) electrons. The quantitative estimate of drug-likeness (QED) is 0.882. The van der Waals surface area contributed by atoms with Crippen molar-refractivity contribution in [1.82, 2.24) is 15.2 Å². The number of aryl methyl sites for hydroxylation is 1. The van der Waals surface area contributed by atoms with Gasteiger partial charge in [0.2, 0.25) is 0 Å². The molecule has 0 aromatic carbocycles. The summed E-state index contributed by atoms with van der Waals surface area (Å²) in [6.45, 7) is 9.02. The Balaban J connectivity index is 1.68. The summed E-state index contributed by atoms with van der Waals surface area (Å²) in [6.07, 6.45) is 3.71. The molecular weight excluding hydrogens is 306 g/mol. The van der Waals surface area contributed by atoms with Crippen LogP contribution in [-0.4, -0.2) is 42.7 Å². The highest BCUT2D eigenvalue weighted by molar-refractivity contribution is 7.12. The van der Waals surface area contributed by atoms with Gasteiger partial charge >= 0.3 is 0 Å². The number of aromatic nitrogens is 1. The van der Waals surface area contributed by atoms with E-state index in [1.165, 1.54) is 15.3 Å². The van der Waals surface area contributed by atoms with Gasteiger partial charge in [0.25, 0.3) is 0 Å². The van der Waals surface area contributed by atoms with E-state index >= 15 is 0 Å². The molecule has 2 atom stereocenters. The van der Waals surface area contributed by atoms with E-state index in [0.717, 1.165) is 32.8 Å². The van der Waals surface area contributed by atoms with Crippen LogP contribution in [0.3, 0.4) is 0 Å². The van der Waals surface area contributed by atoms with Crippen LogP contribution in [0.4, 0.5) is 0 Å². The molecular formula is C18H25N3OS. The van der Waals surface area contributed by atoms with Crippen LogP contribution < -0.4 is 5.32 Å². The van der Waals surface area contributed by atoms with Gasteiger partial charge in [-0.15, -0.1) is 11.3 Å². The summed E-state index contributed by atoms with van der Waals surface area (Å²) in [5.41, 5.74) is 1.28. The number of morpholine rings is 1. The fraction of sp³-hybridized carbons (Fsp3) is 0.500. The van der Waals surface area contributed by atoms with E-state index in [4.69, 9.17) is 4.74 Å². The van der Waals surface area contributed by atoms with Crippen molar-refractivity contribution in [1.29, 1.82) is 0 Å². The Labute approximate surface area is 142 Å². The smallest absolute Gasteiger partial charge is 0.0594 e. The van der Waals surface area contributed by atoms with Crippen molar-refractivity contribution < 1.29 is 4.74 Å². The molecule has 1 fully saturated rings. The van der Waals surface area contributed by atoms with E-state index in [2.05, 4.69) is 53.3 Å². The van der Waals surface area contributed by atoms with E-state index in [1.54, 1.807) is 0 Å². The first-order valence-electron chi connectivity index (χ1n) is 8.25. The van der Waals surface area contributed by atoms with Gasteiger partial charge in [-0.3, -0.25) is 9.88 Å². The van der Waals surface area contributed by atoms with Gasteiger partial charge in [-0.25, -0.2) is 0 Å². The third kappa shape index (κ3) is 4.38. The Bertz CT molecular complexity index is 595. The molecule has 2 aromatic rings. The summed E-state index contributed by atoms with van der Waals surface area (Å²) in [4.78, 5) is 9.46. The molecule has 3 rings (SSSR count). The number of nitrogens with zero attached hydrogens (tertiary/aromatic N) is 2. The SMILES string of the molecule is Cc1ccc([C@H](CN[C@H](C)c2ccncc2)N2CCOCC2)s1. The van der Waals surface area contributed by atoms with Gasteiger partial charge in [0, 0.05) is 47.8 Å². The van der Waals surface area contributed by atoms with Gasteiger partial charge in [-0.1, -0.05) is 0 Å². The minimum Gasteiger partial charge on any atom is -0.379 e. The average Bonchev–Trinajstić information content (AvgIpc) is 3.03. The Morgan fingerprint density at radius 3 is 2.61 bits per heavy atom. The second-order valence-electron chi connectivity index (χ2n) is 6.02. The molecule has 3 heterocycles. The lowest BCUT2D eigenvalue weighted by Crippen LogP contribution is -2.42. The van der Waals surface area contributed by atoms with Crippen molar-refractivity contribution >= 4 is 11.3 Å². The van der Waals surface area contributed by atoms with E-state index in [9.17, 15) is 0 Å². The zero-order chi connectivity index (χ0) is 16.1. The largest absolute Gasteiger partial charge is 0.379 e. The molecule has 0 spiro atoms. The molecule has 4 nitrogen and oxygen atoms in total. The van der Waals surface area contributed by atoms with Crippen LogP contribution in [0.15, 0.2) is 36.7 Å². The molecule has 5 heteroatoms. The molecule has 1 aliphatic heterocycles. The van der Waals surface area contributed by atoms with Crippen molar-refractivity contribution in [2.24, 2.45) is 0 Å². The normalized spacial score (nSPS) is 18.7. The van der Waals surface area contributed by atoms with Crippen molar-refractivity contribution in [2.75, 3.05) is 32.8 Å². The minimum atomic E-state index is 0.322. The Kier molecular flexibility index (Phi) is 5.78. The van der Waals surface area contributed by atoms with Crippen molar-refractivity contribution in [2.45, 2.75) is 25.9 Å². The third-order valence-corrected chi connectivity index (χ3v) is 5.50. The van der Waals surface area contributed by atoms with E-state index in [-0.39, 0.29) is 0 Å². The maximum absolute atomic E-state index is 5.52. The Hall–Kier alpha value is -1.27. The summed E-state index contributed by atoms with van der Waals surface area (Å²) >= 11 is 1.90. The average molecular weight is 331 g/mol. The van der Waals surface area contributed by atoms with Crippen molar-refractivity contribution in [3.8, 4) is 0 Å². The maximum atomic E-state index is 5.52. The number of nitrogens with one attached hydrogen (secondary N) is 1. The number of rotatable bonds is 6. The van der Waals surface area contributed by atoms with Crippen LogP contribution in [0.1, 0.15) is 34.3 Å². The van der Waals surface area contributed by atoms with Gasteiger partial charge in [-0.2, -0.15) is 0 Å².